The third kappa shape index (κ3) is 4.81. The molecule has 2 amide bonds. The van der Waals surface area contributed by atoms with Gasteiger partial charge < -0.3 is 35.2 Å². The lowest BCUT2D eigenvalue weighted by Crippen LogP contribution is -2.45. The summed E-state index contributed by atoms with van der Waals surface area (Å²) in [6.45, 7) is 0.458. The fourth-order valence-electron chi connectivity index (χ4n) is 3.51. The van der Waals surface area contributed by atoms with Crippen LogP contribution >= 0.6 is 0 Å². The maximum absolute atomic E-state index is 13.2. The summed E-state index contributed by atoms with van der Waals surface area (Å²) >= 11 is 0. The Bertz CT molecular complexity index is 1130. The smallest absolute Gasteiger partial charge is 0.308 e. The van der Waals surface area contributed by atoms with Crippen molar-refractivity contribution in [2.24, 2.45) is 10.9 Å². The van der Waals surface area contributed by atoms with Crippen LogP contribution in [0.4, 0.5) is 5.69 Å². The van der Waals surface area contributed by atoms with Crippen molar-refractivity contribution in [1.29, 1.82) is 0 Å². The molecule has 0 fully saturated rings. The molecule has 2 aliphatic rings. The van der Waals surface area contributed by atoms with Gasteiger partial charge in [0, 0.05) is 23.7 Å². The van der Waals surface area contributed by atoms with Crippen molar-refractivity contribution in [2.45, 2.75) is 18.4 Å². The normalized spacial score (nSPS) is 18.6. The summed E-state index contributed by atoms with van der Waals surface area (Å²) in [5, 5.41) is 16.1. The van der Waals surface area contributed by atoms with Crippen molar-refractivity contribution in [3.8, 4) is 17.2 Å². The standard InChI is InChI=1S/C22H21N3O8/c23-19(26)12-32-16-4-2-1-3-14(16)15-10-22(33-25-15,11-20(27)28)21(29)24-13-5-6-17-18(9-13)31-8-7-30-17/h1-6,9H,7-8,10-12H2,(H2,23,26)(H,24,29)(H,27,28)/t22-/m0/s1. The number of carbonyl (C=O) groups excluding carboxylic acids is 2. The first-order chi connectivity index (χ1) is 15.9. The lowest BCUT2D eigenvalue weighted by Gasteiger charge is -2.24. The zero-order chi connectivity index (χ0) is 23.4. The second-order valence-electron chi connectivity index (χ2n) is 7.43. The van der Waals surface area contributed by atoms with Crippen LogP contribution in [-0.4, -0.2) is 54.0 Å². The van der Waals surface area contributed by atoms with E-state index in [9.17, 15) is 19.5 Å². The largest absolute Gasteiger partial charge is 0.486 e. The average Bonchev–Trinajstić information content (AvgIpc) is 3.22. The minimum absolute atomic E-state index is 0.132. The number of para-hydroxylation sites is 1. The predicted molar refractivity (Wildman–Crippen MR) is 114 cm³/mol. The number of anilines is 1. The van der Waals surface area contributed by atoms with Gasteiger partial charge in [-0.25, -0.2) is 0 Å². The molecule has 2 aromatic rings. The van der Waals surface area contributed by atoms with Gasteiger partial charge in [0.25, 0.3) is 11.8 Å². The minimum Gasteiger partial charge on any atom is -0.486 e. The van der Waals surface area contributed by atoms with Gasteiger partial charge in [0.15, 0.2) is 18.1 Å². The van der Waals surface area contributed by atoms with Crippen molar-refractivity contribution in [3.63, 3.8) is 0 Å². The van der Waals surface area contributed by atoms with Crippen LogP contribution in [-0.2, 0) is 19.2 Å². The van der Waals surface area contributed by atoms with Crippen LogP contribution < -0.4 is 25.3 Å². The van der Waals surface area contributed by atoms with Crippen molar-refractivity contribution in [1.82, 2.24) is 0 Å². The summed E-state index contributed by atoms with van der Waals surface area (Å²) < 4.78 is 16.4. The summed E-state index contributed by atoms with van der Waals surface area (Å²) in [7, 11) is 0. The number of nitrogens with two attached hydrogens (primary N) is 1. The van der Waals surface area contributed by atoms with Gasteiger partial charge in [-0.2, -0.15) is 0 Å². The van der Waals surface area contributed by atoms with Gasteiger partial charge >= 0.3 is 5.97 Å². The maximum atomic E-state index is 13.2. The Morgan fingerprint density at radius 1 is 1.12 bits per heavy atom. The zero-order valence-electron chi connectivity index (χ0n) is 17.4. The van der Waals surface area contributed by atoms with Gasteiger partial charge in [0.1, 0.15) is 19.0 Å². The number of aliphatic carboxylic acids is 1. The molecule has 2 aliphatic heterocycles. The highest BCUT2D eigenvalue weighted by atomic mass is 16.7. The number of rotatable bonds is 8. The Balaban J connectivity index is 1.55. The molecule has 0 aromatic heterocycles. The SMILES string of the molecule is NC(=O)COc1ccccc1C1=NO[C@@](CC(=O)O)(C(=O)Nc2ccc3c(c2)OCCO3)C1. The number of carbonyl (C=O) groups is 3. The first kappa shape index (κ1) is 21.9. The van der Waals surface area contributed by atoms with Crippen LogP contribution in [0.25, 0.3) is 0 Å². The minimum atomic E-state index is -1.79. The first-order valence-electron chi connectivity index (χ1n) is 10.0. The highest BCUT2D eigenvalue weighted by molar-refractivity contribution is 6.10. The fourth-order valence-corrected chi connectivity index (χ4v) is 3.51. The number of ether oxygens (including phenoxy) is 3. The van der Waals surface area contributed by atoms with Gasteiger partial charge in [0.2, 0.25) is 5.60 Å². The number of carboxylic acid groups (broad SMARTS) is 1. The average molecular weight is 455 g/mol. The predicted octanol–water partition coefficient (Wildman–Crippen LogP) is 1.30. The molecule has 4 N–H and O–H groups in total. The second-order valence-corrected chi connectivity index (χ2v) is 7.43. The Morgan fingerprint density at radius 2 is 1.88 bits per heavy atom. The van der Waals surface area contributed by atoms with E-state index in [0.717, 1.165) is 0 Å². The molecule has 0 saturated heterocycles. The molecule has 4 rings (SSSR count). The zero-order valence-corrected chi connectivity index (χ0v) is 17.4. The number of primary amides is 1. The molecule has 0 saturated carbocycles. The van der Waals surface area contributed by atoms with E-state index in [-0.39, 0.29) is 13.0 Å². The fraction of sp³-hybridized carbons (Fsp3) is 0.273. The van der Waals surface area contributed by atoms with Crippen molar-refractivity contribution in [2.75, 3.05) is 25.1 Å². The highest BCUT2D eigenvalue weighted by Crippen LogP contribution is 2.36. The van der Waals surface area contributed by atoms with Crippen LogP contribution in [0.2, 0.25) is 0 Å². The van der Waals surface area contributed by atoms with Crippen LogP contribution in [0.5, 0.6) is 17.2 Å². The molecular weight excluding hydrogens is 434 g/mol. The lowest BCUT2D eigenvalue weighted by molar-refractivity contribution is -0.152. The van der Waals surface area contributed by atoms with Crippen molar-refractivity contribution >= 4 is 29.2 Å². The summed E-state index contributed by atoms with van der Waals surface area (Å²) in [6.07, 6.45) is -0.757. The number of fused-ring (bicyclic) bond motifs is 1. The third-order valence-electron chi connectivity index (χ3n) is 5.00. The van der Waals surface area contributed by atoms with E-state index in [0.29, 0.717) is 47.4 Å². The maximum Gasteiger partial charge on any atom is 0.308 e. The number of benzene rings is 2. The number of hydrogen-bond acceptors (Lipinski definition) is 8. The van der Waals surface area contributed by atoms with Gasteiger partial charge in [-0.3, -0.25) is 14.4 Å². The van der Waals surface area contributed by atoms with Gasteiger partial charge in [-0.1, -0.05) is 17.3 Å². The summed E-state index contributed by atoms with van der Waals surface area (Å²) in [6, 6.07) is 11.5. The number of oxime groups is 1. The topological polar surface area (TPSA) is 159 Å². The van der Waals surface area contributed by atoms with E-state index in [1.54, 1.807) is 42.5 Å². The molecule has 172 valence electrons. The lowest BCUT2D eigenvalue weighted by atomic mass is 9.89. The van der Waals surface area contributed by atoms with Crippen molar-refractivity contribution < 1.29 is 38.5 Å². The van der Waals surface area contributed by atoms with Gasteiger partial charge in [0.05, 0.1) is 12.1 Å². The molecule has 33 heavy (non-hydrogen) atoms. The number of nitrogens with one attached hydrogen (secondary N) is 1. The molecule has 2 heterocycles. The Kier molecular flexibility index (Phi) is 6.03. The first-order valence-corrected chi connectivity index (χ1v) is 10.0. The van der Waals surface area contributed by atoms with E-state index in [2.05, 4.69) is 10.5 Å². The van der Waals surface area contributed by atoms with Crippen LogP contribution in [0.3, 0.4) is 0 Å². The Labute approximate surface area is 188 Å². The molecule has 0 bridgehead atoms. The van der Waals surface area contributed by atoms with Gasteiger partial charge in [-0.15, -0.1) is 0 Å². The number of amides is 2. The molecule has 2 aromatic carbocycles. The Hall–Kier alpha value is -4.28. The van der Waals surface area contributed by atoms with E-state index in [4.69, 9.17) is 24.8 Å². The third-order valence-corrected chi connectivity index (χ3v) is 5.00. The van der Waals surface area contributed by atoms with E-state index >= 15 is 0 Å². The Morgan fingerprint density at radius 3 is 2.64 bits per heavy atom. The number of hydrogen-bond donors (Lipinski definition) is 3. The highest BCUT2D eigenvalue weighted by Gasteiger charge is 2.49. The monoisotopic (exact) mass is 455 g/mol. The van der Waals surface area contributed by atoms with E-state index in [1.165, 1.54) is 0 Å². The van der Waals surface area contributed by atoms with Crippen LogP contribution in [0.1, 0.15) is 18.4 Å². The molecule has 0 spiro atoms. The molecule has 0 unspecified atom stereocenters. The van der Waals surface area contributed by atoms with Gasteiger partial charge in [-0.05, 0) is 24.3 Å². The van der Waals surface area contributed by atoms with Crippen molar-refractivity contribution in [3.05, 3.63) is 48.0 Å². The van der Waals surface area contributed by atoms with Crippen LogP contribution in [0.15, 0.2) is 47.6 Å². The molecule has 11 nitrogen and oxygen atoms in total. The second kappa shape index (κ2) is 9.07. The molecule has 0 aliphatic carbocycles. The number of carboxylic acids is 1. The molecule has 1 atom stereocenters. The van der Waals surface area contributed by atoms with Crippen LogP contribution in [0, 0.1) is 0 Å². The van der Waals surface area contributed by atoms with E-state index < -0.39 is 29.8 Å². The molecule has 0 radical (unpaired) electrons. The molecule has 11 heteroatoms. The van der Waals surface area contributed by atoms with E-state index in [1.807, 2.05) is 0 Å². The molecular formula is C22H21N3O8. The quantitative estimate of drug-likeness (QED) is 0.537. The number of nitrogens with zero attached hydrogens (tertiary/aromatic N) is 1. The summed E-state index contributed by atoms with van der Waals surface area (Å²) in [4.78, 5) is 41.3. The summed E-state index contributed by atoms with van der Waals surface area (Å²) in [5.41, 5.74) is 4.50. The summed E-state index contributed by atoms with van der Waals surface area (Å²) in [5.74, 6) is -1.26.